The number of sulfonamides is 1. The summed E-state index contributed by atoms with van der Waals surface area (Å²) in [5, 5.41) is 0. The van der Waals surface area contributed by atoms with E-state index in [4.69, 9.17) is 5.73 Å². The van der Waals surface area contributed by atoms with Gasteiger partial charge in [0.05, 0.1) is 0 Å². The molecule has 0 atom stereocenters. The van der Waals surface area contributed by atoms with Gasteiger partial charge in [-0.05, 0) is 53.2 Å². The molecule has 0 aliphatic rings. The summed E-state index contributed by atoms with van der Waals surface area (Å²) in [5.41, 5.74) is 7.68. The number of hydrogen-bond donors (Lipinski definition) is 2. The Morgan fingerprint density at radius 1 is 1.11 bits per heavy atom. The number of benzene rings is 2. The first-order chi connectivity index (χ1) is 8.88. The van der Waals surface area contributed by atoms with Crippen LogP contribution in [0.4, 0.5) is 11.4 Å². The lowest BCUT2D eigenvalue weighted by atomic mass is 10.2. The number of nitrogens with one attached hydrogen (secondary N) is 1. The van der Waals surface area contributed by atoms with Crippen LogP contribution in [0.15, 0.2) is 51.8 Å². The smallest absolute Gasteiger partial charge is 0.263 e. The van der Waals surface area contributed by atoms with Crippen LogP contribution in [0.3, 0.4) is 0 Å². The van der Waals surface area contributed by atoms with Gasteiger partial charge in [0.1, 0.15) is 4.90 Å². The molecule has 19 heavy (non-hydrogen) atoms. The van der Waals surface area contributed by atoms with Crippen LogP contribution < -0.4 is 10.5 Å². The molecule has 2 aromatic carbocycles. The van der Waals surface area contributed by atoms with E-state index in [9.17, 15) is 8.42 Å². The number of nitrogens with two attached hydrogens (primary N) is 1. The summed E-state index contributed by atoms with van der Waals surface area (Å²) >= 11 is 3.21. The minimum atomic E-state index is -3.63. The maximum atomic E-state index is 12.2. The van der Waals surface area contributed by atoms with E-state index in [2.05, 4.69) is 20.7 Å². The van der Waals surface area contributed by atoms with Crippen LogP contribution in [-0.2, 0) is 10.0 Å². The molecule has 0 fully saturated rings. The first kappa shape index (κ1) is 13.9. The van der Waals surface area contributed by atoms with Gasteiger partial charge in [-0.3, -0.25) is 4.72 Å². The Labute approximate surface area is 120 Å². The molecule has 0 aromatic heterocycles. The molecule has 0 saturated heterocycles. The Balaban J connectivity index is 2.35. The van der Waals surface area contributed by atoms with E-state index >= 15 is 0 Å². The van der Waals surface area contributed by atoms with Crippen LogP contribution in [0, 0.1) is 6.92 Å². The third-order valence-electron chi connectivity index (χ3n) is 2.55. The van der Waals surface area contributed by atoms with Crippen molar-refractivity contribution in [1.29, 1.82) is 0 Å². The highest BCUT2D eigenvalue weighted by molar-refractivity contribution is 9.10. The molecule has 2 aromatic rings. The number of nitrogen functional groups attached to an aromatic ring is 1. The fraction of sp³-hybridized carbons (Fsp3) is 0.0769. The van der Waals surface area contributed by atoms with E-state index in [1.807, 2.05) is 19.1 Å². The van der Waals surface area contributed by atoms with E-state index in [-0.39, 0.29) is 4.90 Å². The lowest BCUT2D eigenvalue weighted by Crippen LogP contribution is -2.13. The third kappa shape index (κ3) is 3.27. The van der Waals surface area contributed by atoms with Gasteiger partial charge in [0, 0.05) is 15.8 Å². The molecule has 0 aliphatic carbocycles. The van der Waals surface area contributed by atoms with Crippen molar-refractivity contribution < 1.29 is 8.42 Å². The number of hydrogen-bond acceptors (Lipinski definition) is 3. The lowest BCUT2D eigenvalue weighted by molar-refractivity contribution is 0.601. The van der Waals surface area contributed by atoms with Crippen molar-refractivity contribution in [2.45, 2.75) is 11.8 Å². The molecule has 0 aliphatic heterocycles. The molecule has 0 amide bonds. The Morgan fingerprint density at radius 3 is 2.32 bits per heavy atom. The normalized spacial score (nSPS) is 11.3. The van der Waals surface area contributed by atoms with E-state index in [0.29, 0.717) is 15.8 Å². The van der Waals surface area contributed by atoms with E-state index < -0.39 is 10.0 Å². The van der Waals surface area contributed by atoms with E-state index in [1.54, 1.807) is 24.3 Å². The van der Waals surface area contributed by atoms with Crippen LogP contribution in [-0.4, -0.2) is 8.42 Å². The van der Waals surface area contributed by atoms with Crippen LogP contribution in [0.5, 0.6) is 0 Å². The van der Waals surface area contributed by atoms with Gasteiger partial charge >= 0.3 is 0 Å². The van der Waals surface area contributed by atoms with Gasteiger partial charge in [0.2, 0.25) is 0 Å². The van der Waals surface area contributed by atoms with Gasteiger partial charge < -0.3 is 5.73 Å². The predicted molar refractivity (Wildman–Crippen MR) is 80.5 cm³/mol. The predicted octanol–water partition coefficient (Wildman–Crippen LogP) is 3.14. The van der Waals surface area contributed by atoms with Crippen molar-refractivity contribution in [2.24, 2.45) is 0 Å². The molecule has 0 bridgehead atoms. The number of anilines is 2. The summed E-state index contributed by atoms with van der Waals surface area (Å²) in [5.74, 6) is 0. The molecule has 0 radical (unpaired) electrons. The fourth-order valence-corrected chi connectivity index (χ4v) is 3.72. The zero-order chi connectivity index (χ0) is 14.0. The molecule has 0 unspecified atom stereocenters. The Morgan fingerprint density at radius 2 is 1.74 bits per heavy atom. The monoisotopic (exact) mass is 340 g/mol. The molecule has 4 nitrogen and oxygen atoms in total. The van der Waals surface area contributed by atoms with Crippen LogP contribution in [0.1, 0.15) is 5.56 Å². The van der Waals surface area contributed by atoms with Crippen LogP contribution in [0.25, 0.3) is 0 Å². The highest BCUT2D eigenvalue weighted by Crippen LogP contribution is 2.26. The molecule has 100 valence electrons. The average molecular weight is 341 g/mol. The molecular formula is C13H13BrN2O2S. The van der Waals surface area contributed by atoms with Crippen LogP contribution in [0.2, 0.25) is 0 Å². The van der Waals surface area contributed by atoms with Crippen molar-refractivity contribution in [1.82, 2.24) is 0 Å². The van der Waals surface area contributed by atoms with Gasteiger partial charge in [-0.1, -0.05) is 17.7 Å². The van der Waals surface area contributed by atoms with E-state index in [0.717, 1.165) is 5.56 Å². The number of aryl methyl sites for hydroxylation is 1. The molecule has 0 spiro atoms. The molecule has 2 rings (SSSR count). The topological polar surface area (TPSA) is 72.2 Å². The summed E-state index contributed by atoms with van der Waals surface area (Å²) in [6, 6.07) is 11.7. The summed E-state index contributed by atoms with van der Waals surface area (Å²) < 4.78 is 27.4. The lowest BCUT2D eigenvalue weighted by Gasteiger charge is -2.10. The second-order valence-corrected chi connectivity index (χ2v) is 6.67. The summed E-state index contributed by atoms with van der Waals surface area (Å²) in [4.78, 5) is 0.155. The fourth-order valence-electron chi connectivity index (χ4n) is 1.57. The minimum Gasteiger partial charge on any atom is -0.399 e. The second-order valence-electron chi connectivity index (χ2n) is 4.16. The maximum absolute atomic E-state index is 12.2. The highest BCUT2D eigenvalue weighted by Gasteiger charge is 2.17. The van der Waals surface area contributed by atoms with Crippen molar-refractivity contribution in [2.75, 3.05) is 10.5 Å². The SMILES string of the molecule is Cc1ccc(NS(=O)(=O)c2ccc(N)cc2Br)cc1. The first-order valence-corrected chi connectivity index (χ1v) is 7.80. The van der Waals surface area contributed by atoms with Gasteiger partial charge in [0.15, 0.2) is 0 Å². The molecular weight excluding hydrogens is 328 g/mol. The number of halogens is 1. The standard InChI is InChI=1S/C13H13BrN2O2S/c1-9-2-5-11(6-3-9)16-19(17,18)13-7-4-10(15)8-12(13)14/h2-8,16H,15H2,1H3. The quantitative estimate of drug-likeness (QED) is 0.843. The molecule has 0 saturated carbocycles. The third-order valence-corrected chi connectivity index (χ3v) is 4.91. The largest absolute Gasteiger partial charge is 0.399 e. The molecule has 6 heteroatoms. The summed E-state index contributed by atoms with van der Waals surface area (Å²) in [6.45, 7) is 1.94. The molecule has 0 heterocycles. The zero-order valence-corrected chi connectivity index (χ0v) is 12.6. The zero-order valence-electron chi connectivity index (χ0n) is 10.2. The summed E-state index contributed by atoms with van der Waals surface area (Å²) in [7, 11) is -3.63. The van der Waals surface area contributed by atoms with E-state index in [1.165, 1.54) is 6.07 Å². The van der Waals surface area contributed by atoms with Gasteiger partial charge in [-0.15, -0.1) is 0 Å². The first-order valence-electron chi connectivity index (χ1n) is 5.53. The summed E-state index contributed by atoms with van der Waals surface area (Å²) in [6.07, 6.45) is 0. The maximum Gasteiger partial charge on any atom is 0.263 e. The molecule has 3 N–H and O–H groups in total. The minimum absolute atomic E-state index is 0.155. The van der Waals surface area contributed by atoms with Crippen molar-refractivity contribution in [3.8, 4) is 0 Å². The van der Waals surface area contributed by atoms with Crippen molar-refractivity contribution in [3.05, 3.63) is 52.5 Å². The highest BCUT2D eigenvalue weighted by atomic mass is 79.9. The number of rotatable bonds is 3. The average Bonchev–Trinajstić information content (AvgIpc) is 2.31. The Kier molecular flexibility index (Phi) is 3.82. The van der Waals surface area contributed by atoms with Crippen LogP contribution >= 0.6 is 15.9 Å². The van der Waals surface area contributed by atoms with Gasteiger partial charge in [-0.25, -0.2) is 8.42 Å². The van der Waals surface area contributed by atoms with Gasteiger partial charge in [0.25, 0.3) is 10.0 Å². The Bertz CT molecular complexity index is 697. The Hall–Kier alpha value is -1.53. The second kappa shape index (κ2) is 5.22. The van der Waals surface area contributed by atoms with Gasteiger partial charge in [-0.2, -0.15) is 0 Å². The van der Waals surface area contributed by atoms with Crippen molar-refractivity contribution in [3.63, 3.8) is 0 Å². The van der Waals surface area contributed by atoms with Crippen molar-refractivity contribution >= 4 is 37.3 Å².